The molecule has 0 aromatic rings. The highest BCUT2D eigenvalue weighted by Crippen LogP contribution is 2.17. The topological polar surface area (TPSA) is 12.0 Å². The number of rotatable bonds is 9. The molecule has 1 N–H and O–H groups in total. The normalized spacial score (nSPS) is 15.6. The quantitative estimate of drug-likeness (QED) is 0.604. The Kier molecular flexibility index (Phi) is 9.18. The van der Waals surface area contributed by atoms with Crippen LogP contribution in [0.2, 0.25) is 0 Å². The molecule has 2 unspecified atom stereocenters. The van der Waals surface area contributed by atoms with E-state index in [1.54, 1.807) is 0 Å². The van der Waals surface area contributed by atoms with Gasteiger partial charge >= 0.3 is 0 Å². The van der Waals surface area contributed by atoms with Crippen molar-refractivity contribution < 1.29 is 0 Å². The summed E-state index contributed by atoms with van der Waals surface area (Å²) in [4.78, 5) is 0. The van der Waals surface area contributed by atoms with Gasteiger partial charge in [-0.2, -0.15) is 0 Å². The van der Waals surface area contributed by atoms with Crippen LogP contribution in [0.15, 0.2) is 0 Å². The van der Waals surface area contributed by atoms with Gasteiger partial charge in [0, 0.05) is 6.04 Å². The zero-order chi connectivity index (χ0) is 11.7. The van der Waals surface area contributed by atoms with Crippen molar-refractivity contribution in [3.63, 3.8) is 0 Å². The lowest BCUT2D eigenvalue weighted by atomic mass is 9.93. The van der Waals surface area contributed by atoms with Gasteiger partial charge < -0.3 is 5.32 Å². The summed E-state index contributed by atoms with van der Waals surface area (Å²) in [5, 5.41) is 3.64. The molecule has 0 heterocycles. The second-order valence-electron chi connectivity index (χ2n) is 5.11. The van der Waals surface area contributed by atoms with E-state index in [2.05, 4.69) is 39.9 Å². The molecule has 0 aliphatic rings. The first-order valence-electron chi connectivity index (χ1n) is 6.87. The minimum Gasteiger partial charge on any atom is -0.314 e. The molecule has 2 atom stereocenters. The molecule has 0 aliphatic carbocycles. The molecule has 0 aliphatic heterocycles. The lowest BCUT2D eigenvalue weighted by Gasteiger charge is -2.19. The highest BCUT2D eigenvalue weighted by molar-refractivity contribution is 4.65. The van der Waals surface area contributed by atoms with Gasteiger partial charge in [0.15, 0.2) is 0 Å². The van der Waals surface area contributed by atoms with E-state index in [-0.39, 0.29) is 0 Å². The molecule has 0 aromatic carbocycles. The molecule has 0 fully saturated rings. The third-order valence-corrected chi connectivity index (χ3v) is 3.56. The maximum atomic E-state index is 3.64. The Morgan fingerprint density at radius 1 is 0.867 bits per heavy atom. The van der Waals surface area contributed by atoms with Crippen LogP contribution in [0.25, 0.3) is 0 Å². The van der Waals surface area contributed by atoms with Crippen molar-refractivity contribution >= 4 is 0 Å². The van der Waals surface area contributed by atoms with Crippen molar-refractivity contribution in [1.82, 2.24) is 5.32 Å². The number of nitrogens with one attached hydrogen (secondary N) is 1. The summed E-state index contributed by atoms with van der Waals surface area (Å²) in [6.45, 7) is 12.8. The maximum absolute atomic E-state index is 3.64. The highest BCUT2D eigenvalue weighted by Gasteiger charge is 2.08. The minimum absolute atomic E-state index is 0.737. The maximum Gasteiger partial charge on any atom is 0.00618 e. The third-order valence-electron chi connectivity index (χ3n) is 3.56. The predicted octanol–water partition coefficient (Wildman–Crippen LogP) is 4.23. The number of hydrogen-bond acceptors (Lipinski definition) is 1. The van der Waals surface area contributed by atoms with Crippen molar-refractivity contribution in [2.75, 3.05) is 6.54 Å². The summed E-state index contributed by atoms with van der Waals surface area (Å²) in [7, 11) is 0. The summed E-state index contributed by atoms with van der Waals surface area (Å²) in [6, 6.07) is 0.737. The molecule has 0 spiro atoms. The Morgan fingerprint density at radius 3 is 1.93 bits per heavy atom. The van der Waals surface area contributed by atoms with Crippen molar-refractivity contribution in [3.8, 4) is 0 Å². The second-order valence-corrected chi connectivity index (χ2v) is 5.11. The van der Waals surface area contributed by atoms with Gasteiger partial charge in [-0.3, -0.25) is 0 Å². The second kappa shape index (κ2) is 9.21. The van der Waals surface area contributed by atoms with Gasteiger partial charge in [0.25, 0.3) is 0 Å². The molecule has 0 rings (SSSR count). The molecular formula is C14H31N. The largest absolute Gasteiger partial charge is 0.314 e. The summed E-state index contributed by atoms with van der Waals surface area (Å²) in [5.41, 5.74) is 0. The average Bonchev–Trinajstić information content (AvgIpc) is 2.24. The Morgan fingerprint density at radius 2 is 1.47 bits per heavy atom. The van der Waals surface area contributed by atoms with E-state index in [4.69, 9.17) is 0 Å². The molecule has 0 saturated carbocycles. The molecule has 0 bridgehead atoms. The fourth-order valence-electron chi connectivity index (χ4n) is 2.08. The molecule has 15 heavy (non-hydrogen) atoms. The van der Waals surface area contributed by atoms with Crippen LogP contribution < -0.4 is 5.32 Å². The van der Waals surface area contributed by atoms with Crippen LogP contribution >= 0.6 is 0 Å². The van der Waals surface area contributed by atoms with Gasteiger partial charge in [-0.1, -0.05) is 41.0 Å². The molecule has 0 aromatic heterocycles. The van der Waals surface area contributed by atoms with Crippen LogP contribution in [0.5, 0.6) is 0 Å². The lowest BCUT2D eigenvalue weighted by Crippen LogP contribution is -2.29. The van der Waals surface area contributed by atoms with E-state index in [9.17, 15) is 0 Å². The SMILES string of the molecule is CCC(C)CC(C)CCNC(CC)CC. The first kappa shape index (κ1) is 15.0. The van der Waals surface area contributed by atoms with Crippen LogP contribution in [-0.4, -0.2) is 12.6 Å². The zero-order valence-corrected chi connectivity index (χ0v) is 11.5. The third kappa shape index (κ3) is 7.84. The average molecular weight is 213 g/mol. The van der Waals surface area contributed by atoms with Crippen LogP contribution in [-0.2, 0) is 0 Å². The standard InChI is InChI=1S/C14H31N/c1-6-12(4)11-13(5)9-10-15-14(7-2)8-3/h12-15H,6-11H2,1-5H3. The molecule has 0 radical (unpaired) electrons. The Balaban J connectivity index is 3.49. The molecular weight excluding hydrogens is 182 g/mol. The van der Waals surface area contributed by atoms with Crippen molar-refractivity contribution in [2.45, 2.75) is 72.8 Å². The predicted molar refractivity (Wildman–Crippen MR) is 70.2 cm³/mol. The van der Waals surface area contributed by atoms with Crippen LogP contribution in [0.1, 0.15) is 66.7 Å². The van der Waals surface area contributed by atoms with E-state index in [0.717, 1.165) is 17.9 Å². The first-order valence-corrected chi connectivity index (χ1v) is 6.87. The Hall–Kier alpha value is -0.0400. The van der Waals surface area contributed by atoms with E-state index < -0.39 is 0 Å². The van der Waals surface area contributed by atoms with Gasteiger partial charge in [-0.15, -0.1) is 0 Å². The summed E-state index contributed by atoms with van der Waals surface area (Å²) in [5.74, 6) is 1.77. The fourth-order valence-corrected chi connectivity index (χ4v) is 2.08. The van der Waals surface area contributed by atoms with E-state index >= 15 is 0 Å². The first-order chi connectivity index (χ1) is 7.13. The van der Waals surface area contributed by atoms with Gasteiger partial charge in [0.05, 0.1) is 0 Å². The Bertz CT molecular complexity index is 129. The number of hydrogen-bond donors (Lipinski definition) is 1. The van der Waals surface area contributed by atoms with Crippen LogP contribution in [0.3, 0.4) is 0 Å². The van der Waals surface area contributed by atoms with Crippen molar-refractivity contribution in [3.05, 3.63) is 0 Å². The summed E-state index contributed by atoms with van der Waals surface area (Å²) in [6.07, 6.45) is 6.57. The summed E-state index contributed by atoms with van der Waals surface area (Å²) < 4.78 is 0. The van der Waals surface area contributed by atoms with Gasteiger partial charge in [-0.25, -0.2) is 0 Å². The Labute approximate surface area is 97.0 Å². The minimum atomic E-state index is 0.737. The molecule has 0 amide bonds. The molecule has 0 saturated heterocycles. The highest BCUT2D eigenvalue weighted by atomic mass is 14.9. The smallest absolute Gasteiger partial charge is 0.00618 e. The van der Waals surface area contributed by atoms with Gasteiger partial charge in [0.2, 0.25) is 0 Å². The van der Waals surface area contributed by atoms with Crippen molar-refractivity contribution in [1.29, 1.82) is 0 Å². The van der Waals surface area contributed by atoms with Crippen molar-refractivity contribution in [2.24, 2.45) is 11.8 Å². The van der Waals surface area contributed by atoms with E-state index in [1.165, 1.54) is 38.6 Å². The van der Waals surface area contributed by atoms with Crippen LogP contribution in [0, 0.1) is 11.8 Å². The monoisotopic (exact) mass is 213 g/mol. The lowest BCUT2D eigenvalue weighted by molar-refractivity contribution is 0.367. The summed E-state index contributed by atoms with van der Waals surface area (Å²) >= 11 is 0. The zero-order valence-electron chi connectivity index (χ0n) is 11.5. The molecule has 1 heteroatoms. The van der Waals surface area contributed by atoms with Gasteiger partial charge in [-0.05, 0) is 44.1 Å². The van der Waals surface area contributed by atoms with Crippen LogP contribution in [0.4, 0.5) is 0 Å². The molecule has 92 valence electrons. The van der Waals surface area contributed by atoms with E-state index in [0.29, 0.717) is 0 Å². The van der Waals surface area contributed by atoms with E-state index in [1.807, 2.05) is 0 Å². The fraction of sp³-hybridized carbons (Fsp3) is 1.00. The van der Waals surface area contributed by atoms with Gasteiger partial charge in [0.1, 0.15) is 0 Å². The molecule has 1 nitrogen and oxygen atoms in total.